The molecule has 3 aromatic carbocycles. The molecular formula is C45H74Cl2F5IN4O9P2. The van der Waals surface area contributed by atoms with Gasteiger partial charge in [-0.1, -0.05) is 112 Å². The summed E-state index contributed by atoms with van der Waals surface area (Å²) in [6.07, 6.45) is -0.162. The third-order valence-electron chi connectivity index (χ3n) is 8.58. The quantitative estimate of drug-likeness (QED) is 0.0187. The molecule has 0 saturated carbocycles. The summed E-state index contributed by atoms with van der Waals surface area (Å²) in [5.74, 6) is -14.4. The zero-order valence-electron chi connectivity index (χ0n) is 40.1. The van der Waals surface area contributed by atoms with Crippen LogP contribution < -0.4 is 48.4 Å². The van der Waals surface area contributed by atoms with Crippen molar-refractivity contribution in [3.63, 3.8) is 0 Å². The van der Waals surface area contributed by atoms with Crippen molar-refractivity contribution in [2.45, 2.75) is 114 Å². The molecule has 0 amide bonds. The fourth-order valence-corrected chi connectivity index (χ4v) is 6.98. The number of rotatable bonds is 22. The first kappa shape index (κ1) is 71.8. The fraction of sp³-hybridized carbons (Fsp3) is 0.556. The van der Waals surface area contributed by atoms with Crippen molar-refractivity contribution < 1.29 is 93.4 Å². The average molecular weight is 1170 g/mol. The van der Waals surface area contributed by atoms with E-state index in [4.69, 9.17) is 36.5 Å². The van der Waals surface area contributed by atoms with Crippen LogP contribution in [0.5, 0.6) is 17.2 Å². The number of halogens is 8. The van der Waals surface area contributed by atoms with Crippen molar-refractivity contribution in [3.05, 3.63) is 89.7 Å². The molecule has 0 heterocycles. The lowest BCUT2D eigenvalue weighted by atomic mass is 10.3. The van der Waals surface area contributed by atoms with Crippen molar-refractivity contribution in [2.75, 3.05) is 52.5 Å². The monoisotopic (exact) mass is 1170 g/mol. The molecule has 1 unspecified atom stereocenters. The summed E-state index contributed by atoms with van der Waals surface area (Å²) in [7, 11) is -4.91. The largest absolute Gasteiger partial charge is 1.00 e. The number of hydrogen-bond donors (Lipinski definition) is 2. The summed E-state index contributed by atoms with van der Waals surface area (Å²) in [6.45, 7) is 27.7. The summed E-state index contributed by atoms with van der Waals surface area (Å²) < 4.78 is 116. The highest BCUT2D eigenvalue weighted by Crippen LogP contribution is 2.57. The van der Waals surface area contributed by atoms with Crippen molar-refractivity contribution in [2.24, 2.45) is 0 Å². The van der Waals surface area contributed by atoms with E-state index in [0.717, 1.165) is 19.3 Å². The van der Waals surface area contributed by atoms with E-state index >= 15 is 0 Å². The second-order valence-corrected chi connectivity index (χ2v) is 19.6. The smallest absolute Gasteiger partial charge is 0.513 e. The Morgan fingerprint density at radius 2 is 0.941 bits per heavy atom. The molecule has 3 aromatic rings. The maximum atomic E-state index is 14.0. The first-order chi connectivity index (χ1) is 31.0. The molecule has 0 bridgehead atoms. The van der Waals surface area contributed by atoms with Gasteiger partial charge in [0.2, 0.25) is 34.8 Å². The Balaban J connectivity index is -0.000000451. The maximum Gasteiger partial charge on any atom is 0.513 e. The second kappa shape index (κ2) is 40.9. The maximum absolute atomic E-state index is 14.0. The number of quaternary nitrogens is 1. The van der Waals surface area contributed by atoms with E-state index < -0.39 is 60.7 Å². The number of hydrogen-bond acceptors (Lipinski definition) is 11. The van der Waals surface area contributed by atoms with E-state index in [0.29, 0.717) is 18.8 Å². The summed E-state index contributed by atoms with van der Waals surface area (Å²) in [4.78, 5) is 27.5. The van der Waals surface area contributed by atoms with Gasteiger partial charge in [-0.25, -0.2) is 27.1 Å². The fourth-order valence-electron chi connectivity index (χ4n) is 4.61. The van der Waals surface area contributed by atoms with Crippen LogP contribution in [0.2, 0.25) is 0 Å². The summed E-state index contributed by atoms with van der Waals surface area (Å²) in [6, 6.07) is 14.0. The van der Waals surface area contributed by atoms with Crippen LogP contribution in [0.25, 0.3) is 0 Å². The second-order valence-electron chi connectivity index (χ2n) is 13.7. The molecule has 4 N–H and O–H groups in total. The zero-order valence-corrected chi connectivity index (χ0v) is 45.6. The van der Waals surface area contributed by atoms with Gasteiger partial charge in [-0.2, -0.15) is 13.9 Å². The Morgan fingerprint density at radius 1 is 0.603 bits per heavy atom. The van der Waals surface area contributed by atoms with Crippen LogP contribution in [0.15, 0.2) is 60.7 Å². The third kappa shape index (κ3) is 32.2. The topological polar surface area (TPSA) is 161 Å². The molecule has 394 valence electrons. The van der Waals surface area contributed by atoms with Crippen molar-refractivity contribution >= 4 is 48.2 Å². The standard InChI is InChI=1S/C19H19F5NO5P.C7H15NO2.C6H5Cl2O2P.2C6H15N.CH4.HI/c1-3-4-10-28-19(26)11(2)25-31(27,29-12-8-6-5-7-9-12)30-18-16(23)14(21)13(20)15(22)17(18)24;1-3-4-5-10-7(9)6(2)8;7-11(8,9)10-6-4-2-1-3-5-6;2*1-4-7(5-2)6-3;;/h5-9,11H,3-4,10H2,1-2H3,(H,25,27);6H,3-5,8H2,1-2H3;1-5H;2*4-6H2,1-3H3;1H4;1H/t11-,31?;6-;;;;;/m00...../s1. The van der Waals surface area contributed by atoms with E-state index in [9.17, 15) is 40.7 Å². The zero-order chi connectivity index (χ0) is 50.9. The SMILES string of the molecule is C.CCCCOC(=O)[C@H](C)NP(=O)(Oc1ccccc1)Oc1c(F)c(F)c(F)c(F)c1F.CCCCOC(=O)[C@H](C)[NH3+].CCN(CC)CC.CCN(CC)CC.O=P(Cl)(Cl)Oc1ccccc1.[I-]. The van der Waals surface area contributed by atoms with E-state index in [1.165, 1.54) is 70.5 Å². The average Bonchev–Trinajstić information content (AvgIpc) is 3.28. The highest BCUT2D eigenvalue weighted by molar-refractivity contribution is 8.05. The van der Waals surface area contributed by atoms with Crippen molar-refractivity contribution in [1.29, 1.82) is 0 Å². The molecule has 0 aliphatic rings. The first-order valence-electron chi connectivity index (χ1n) is 21.7. The minimum atomic E-state index is -4.91. The van der Waals surface area contributed by atoms with Crippen molar-refractivity contribution in [1.82, 2.24) is 14.9 Å². The van der Waals surface area contributed by atoms with Crippen molar-refractivity contribution in [3.8, 4) is 17.2 Å². The Bertz CT molecular complexity index is 1830. The molecule has 0 aliphatic heterocycles. The molecule has 0 fully saturated rings. The molecule has 13 nitrogen and oxygen atoms in total. The number of unbranched alkanes of at least 4 members (excludes halogenated alkanes) is 2. The van der Waals surface area contributed by atoms with Gasteiger partial charge in [-0.05, 0) is 90.2 Å². The number of carbonyl (C=O) groups excluding carboxylic acids is 2. The highest BCUT2D eigenvalue weighted by Gasteiger charge is 2.38. The number of carbonyl (C=O) groups is 2. The van der Waals surface area contributed by atoms with Gasteiger partial charge in [-0.15, -0.1) is 0 Å². The van der Waals surface area contributed by atoms with E-state index in [2.05, 4.69) is 78.1 Å². The van der Waals surface area contributed by atoms with Gasteiger partial charge in [-0.3, -0.25) is 4.79 Å². The molecule has 0 radical (unpaired) electrons. The van der Waals surface area contributed by atoms with Crippen LogP contribution in [0, 0.1) is 29.1 Å². The molecule has 0 aromatic heterocycles. The first-order valence-corrected chi connectivity index (χ1v) is 26.7. The van der Waals surface area contributed by atoms with Gasteiger partial charge < -0.3 is 62.6 Å². The van der Waals surface area contributed by atoms with Gasteiger partial charge in [0.15, 0.2) is 6.04 Å². The predicted octanol–water partition coefficient (Wildman–Crippen LogP) is 9.22. The van der Waals surface area contributed by atoms with Gasteiger partial charge in [0.05, 0.1) is 13.2 Å². The Labute approximate surface area is 428 Å². The van der Waals surface area contributed by atoms with Crippen LogP contribution in [0.3, 0.4) is 0 Å². The number of benzene rings is 3. The van der Waals surface area contributed by atoms with Crippen LogP contribution in [-0.4, -0.2) is 86.3 Å². The molecule has 3 atom stereocenters. The van der Waals surface area contributed by atoms with Gasteiger partial charge in [0.1, 0.15) is 17.5 Å². The Hall–Kier alpha value is -2.74. The molecule has 0 aliphatic carbocycles. The molecule has 3 rings (SSSR count). The van der Waals surface area contributed by atoms with Gasteiger partial charge >= 0.3 is 25.8 Å². The number of nitrogens with one attached hydrogen (secondary N) is 1. The van der Waals surface area contributed by atoms with E-state index in [1.807, 2.05) is 6.92 Å². The number of para-hydroxylation sites is 2. The lowest BCUT2D eigenvalue weighted by Gasteiger charge is -2.23. The molecule has 0 saturated heterocycles. The summed E-state index contributed by atoms with van der Waals surface area (Å²) in [5, 5.41) is 2.09. The third-order valence-corrected chi connectivity index (χ3v) is 11.0. The van der Waals surface area contributed by atoms with E-state index in [-0.39, 0.29) is 55.8 Å². The normalized spacial score (nSPS) is 12.1. The summed E-state index contributed by atoms with van der Waals surface area (Å²) in [5.41, 5.74) is 3.54. The molecule has 23 heteroatoms. The minimum absolute atomic E-state index is 0. The van der Waals surface area contributed by atoms with Crippen LogP contribution in [-0.2, 0) is 28.2 Å². The van der Waals surface area contributed by atoms with Crippen LogP contribution in [0.1, 0.15) is 102 Å². The van der Waals surface area contributed by atoms with Gasteiger partial charge in [0, 0.05) is 22.5 Å². The molecule has 68 heavy (non-hydrogen) atoms. The number of ether oxygens (including phenoxy) is 2. The highest BCUT2D eigenvalue weighted by atomic mass is 127. The number of nitrogens with zero attached hydrogens (tertiary/aromatic N) is 2. The van der Waals surface area contributed by atoms with Gasteiger partial charge in [0.25, 0.3) is 0 Å². The molecular weight excluding hydrogens is 1100 g/mol. The lowest BCUT2D eigenvalue weighted by Crippen LogP contribution is -3.00. The number of esters is 2. The van der Waals surface area contributed by atoms with Crippen LogP contribution >= 0.6 is 36.3 Å². The molecule has 0 spiro atoms. The predicted molar refractivity (Wildman–Crippen MR) is 258 cm³/mol. The lowest BCUT2D eigenvalue weighted by molar-refractivity contribution is -0.402. The summed E-state index contributed by atoms with van der Waals surface area (Å²) >= 11 is 10.3. The minimum Gasteiger partial charge on any atom is -1.00 e. The van der Waals surface area contributed by atoms with Crippen LogP contribution in [0.4, 0.5) is 22.0 Å². The van der Waals surface area contributed by atoms with E-state index in [1.54, 1.807) is 43.3 Å². The Morgan fingerprint density at radius 3 is 1.25 bits per heavy atom. The Kier molecular flexibility index (Phi) is 43.2.